The first-order valence-electron chi connectivity index (χ1n) is 12.4. The number of piperidine rings is 1. The van der Waals surface area contributed by atoms with Crippen molar-refractivity contribution in [1.29, 1.82) is 0 Å². The number of pyridine rings is 1. The van der Waals surface area contributed by atoms with E-state index in [1.165, 1.54) is 32.4 Å². The quantitative estimate of drug-likeness (QED) is 0.381. The molecule has 3 aromatic heterocycles. The molecule has 9 nitrogen and oxygen atoms in total. The summed E-state index contributed by atoms with van der Waals surface area (Å²) in [5.41, 5.74) is 5.00. The molecule has 2 fully saturated rings. The SMILES string of the molecule is Cn1c(=O)n(C2COC2)c2c3cc(-c4ccc(COCCN5CCCCC5)nc4)ccc3nnc21. The maximum atomic E-state index is 12.9. The fraction of sp³-hybridized carbons (Fsp3) is 0.462. The van der Waals surface area contributed by atoms with Crippen molar-refractivity contribution in [2.45, 2.75) is 31.9 Å². The van der Waals surface area contributed by atoms with Gasteiger partial charge < -0.3 is 14.4 Å². The maximum Gasteiger partial charge on any atom is 0.330 e. The number of nitrogens with zero attached hydrogens (tertiary/aromatic N) is 6. The van der Waals surface area contributed by atoms with E-state index in [1.54, 1.807) is 11.6 Å². The summed E-state index contributed by atoms with van der Waals surface area (Å²) < 4.78 is 14.6. The Bertz CT molecular complexity index is 1400. The van der Waals surface area contributed by atoms with Gasteiger partial charge >= 0.3 is 5.69 Å². The van der Waals surface area contributed by atoms with Crippen LogP contribution >= 0.6 is 0 Å². The Morgan fingerprint density at radius 2 is 1.89 bits per heavy atom. The van der Waals surface area contributed by atoms with Gasteiger partial charge in [0.1, 0.15) is 5.52 Å². The van der Waals surface area contributed by atoms with Crippen LogP contribution in [0.2, 0.25) is 0 Å². The summed E-state index contributed by atoms with van der Waals surface area (Å²) in [5.74, 6) is 0. The minimum Gasteiger partial charge on any atom is -0.377 e. The minimum atomic E-state index is -0.0909. The number of hydrogen-bond donors (Lipinski definition) is 0. The zero-order valence-electron chi connectivity index (χ0n) is 20.0. The number of ether oxygens (including phenoxy) is 2. The molecule has 35 heavy (non-hydrogen) atoms. The van der Waals surface area contributed by atoms with Crippen molar-refractivity contribution in [2.75, 3.05) is 39.5 Å². The largest absolute Gasteiger partial charge is 0.377 e. The number of fused-ring (bicyclic) bond motifs is 3. The van der Waals surface area contributed by atoms with Crippen LogP contribution in [0.25, 0.3) is 33.2 Å². The second-order valence-corrected chi connectivity index (χ2v) is 9.50. The van der Waals surface area contributed by atoms with Crippen molar-refractivity contribution in [3.8, 4) is 11.1 Å². The summed E-state index contributed by atoms with van der Waals surface area (Å²) in [7, 11) is 1.74. The van der Waals surface area contributed by atoms with Crippen LogP contribution in [0, 0.1) is 0 Å². The van der Waals surface area contributed by atoms with Gasteiger partial charge in [0.15, 0.2) is 5.65 Å². The van der Waals surface area contributed by atoms with Gasteiger partial charge in [-0.1, -0.05) is 18.6 Å². The third-order valence-electron chi connectivity index (χ3n) is 7.16. The van der Waals surface area contributed by atoms with E-state index in [9.17, 15) is 4.79 Å². The minimum absolute atomic E-state index is 0.0260. The lowest BCUT2D eigenvalue weighted by Gasteiger charge is -2.27. The van der Waals surface area contributed by atoms with Crippen molar-refractivity contribution in [3.05, 3.63) is 52.7 Å². The van der Waals surface area contributed by atoms with Crippen LogP contribution in [0.1, 0.15) is 31.0 Å². The van der Waals surface area contributed by atoms with Gasteiger partial charge in [0.05, 0.1) is 43.7 Å². The molecule has 2 aliphatic heterocycles. The number of hydrogen-bond acceptors (Lipinski definition) is 7. The van der Waals surface area contributed by atoms with E-state index in [4.69, 9.17) is 9.47 Å². The highest BCUT2D eigenvalue weighted by Crippen LogP contribution is 2.30. The van der Waals surface area contributed by atoms with Crippen LogP contribution in [0.4, 0.5) is 0 Å². The van der Waals surface area contributed by atoms with E-state index >= 15 is 0 Å². The van der Waals surface area contributed by atoms with E-state index in [-0.39, 0.29) is 11.7 Å². The van der Waals surface area contributed by atoms with Crippen LogP contribution < -0.4 is 5.69 Å². The first-order valence-corrected chi connectivity index (χ1v) is 12.4. The van der Waals surface area contributed by atoms with Gasteiger partial charge in [0.2, 0.25) is 0 Å². The van der Waals surface area contributed by atoms with Crippen molar-refractivity contribution in [1.82, 2.24) is 29.2 Å². The molecule has 0 N–H and O–H groups in total. The van der Waals surface area contributed by atoms with Crippen LogP contribution in [0.15, 0.2) is 41.3 Å². The van der Waals surface area contributed by atoms with Crippen LogP contribution in [0.3, 0.4) is 0 Å². The Morgan fingerprint density at radius 1 is 1.06 bits per heavy atom. The van der Waals surface area contributed by atoms with Crippen molar-refractivity contribution in [2.24, 2.45) is 7.05 Å². The summed E-state index contributed by atoms with van der Waals surface area (Å²) in [5, 5.41) is 9.60. The standard InChI is InChI=1S/C26H30N6O3/c1-30-25-24(32(26(30)33)21-16-35-17-21)22-13-18(6-8-23(22)28-29-25)19-5-7-20(27-14-19)15-34-12-11-31-9-3-2-4-10-31/h5-8,13-14,21H,2-4,9-12,15-17H2,1H3. The number of benzene rings is 1. The summed E-state index contributed by atoms with van der Waals surface area (Å²) >= 11 is 0. The lowest BCUT2D eigenvalue weighted by atomic mass is 10.0. The Hall–Kier alpha value is -3.14. The van der Waals surface area contributed by atoms with E-state index in [2.05, 4.69) is 32.2 Å². The number of aromatic nitrogens is 5. The summed E-state index contributed by atoms with van der Waals surface area (Å²) in [4.78, 5) is 20.0. The molecule has 6 rings (SSSR count). The molecule has 5 heterocycles. The second-order valence-electron chi connectivity index (χ2n) is 9.50. The van der Waals surface area contributed by atoms with Gasteiger partial charge in [-0.3, -0.25) is 14.1 Å². The molecule has 2 aliphatic rings. The molecule has 4 aromatic rings. The first-order chi connectivity index (χ1) is 17.2. The van der Waals surface area contributed by atoms with Gasteiger partial charge in [-0.25, -0.2) is 4.79 Å². The van der Waals surface area contributed by atoms with Crippen molar-refractivity contribution < 1.29 is 9.47 Å². The summed E-state index contributed by atoms with van der Waals surface area (Å²) in [6.07, 6.45) is 5.83. The Kier molecular flexibility index (Phi) is 6.05. The molecule has 1 aromatic carbocycles. The Balaban J connectivity index is 1.23. The molecule has 2 saturated heterocycles. The topological polar surface area (TPSA) is 87.3 Å². The highest BCUT2D eigenvalue weighted by molar-refractivity contribution is 6.02. The molecule has 0 spiro atoms. The van der Waals surface area contributed by atoms with Gasteiger partial charge in [-0.2, -0.15) is 0 Å². The van der Waals surface area contributed by atoms with E-state index in [0.29, 0.717) is 25.5 Å². The molecule has 0 saturated carbocycles. The maximum absolute atomic E-state index is 12.9. The third kappa shape index (κ3) is 4.24. The van der Waals surface area contributed by atoms with Crippen LogP contribution in [-0.4, -0.2) is 68.7 Å². The molecule has 182 valence electrons. The van der Waals surface area contributed by atoms with E-state index < -0.39 is 0 Å². The first kappa shape index (κ1) is 22.3. The predicted octanol–water partition coefficient (Wildman–Crippen LogP) is 2.92. The van der Waals surface area contributed by atoms with Crippen molar-refractivity contribution in [3.63, 3.8) is 0 Å². The molecule has 0 bridgehead atoms. The fourth-order valence-corrected chi connectivity index (χ4v) is 5.02. The van der Waals surface area contributed by atoms with Gasteiger partial charge in [0, 0.05) is 30.7 Å². The van der Waals surface area contributed by atoms with Gasteiger partial charge in [-0.15, -0.1) is 10.2 Å². The highest BCUT2D eigenvalue weighted by atomic mass is 16.5. The predicted molar refractivity (Wildman–Crippen MR) is 133 cm³/mol. The van der Waals surface area contributed by atoms with E-state index in [1.807, 2.05) is 29.0 Å². The zero-order valence-corrected chi connectivity index (χ0v) is 20.0. The number of aryl methyl sites for hydroxylation is 1. The molecule has 0 aliphatic carbocycles. The molecule has 0 amide bonds. The number of imidazole rings is 1. The smallest absolute Gasteiger partial charge is 0.330 e. The van der Waals surface area contributed by atoms with Crippen molar-refractivity contribution >= 4 is 22.1 Å². The van der Waals surface area contributed by atoms with Crippen LogP contribution in [0.5, 0.6) is 0 Å². The molecular weight excluding hydrogens is 444 g/mol. The molecular formula is C26H30N6O3. The monoisotopic (exact) mass is 474 g/mol. The lowest BCUT2D eigenvalue weighted by molar-refractivity contribution is -0.0230. The summed E-state index contributed by atoms with van der Waals surface area (Å²) in [6, 6.07) is 10.2. The number of likely N-dealkylation sites (tertiary alicyclic amines) is 1. The third-order valence-corrected chi connectivity index (χ3v) is 7.16. The average molecular weight is 475 g/mol. The average Bonchev–Trinajstić information content (AvgIpc) is 3.12. The zero-order chi connectivity index (χ0) is 23.8. The Morgan fingerprint density at radius 3 is 2.63 bits per heavy atom. The molecule has 0 radical (unpaired) electrons. The molecule has 0 unspecified atom stereocenters. The summed E-state index contributed by atoms with van der Waals surface area (Å²) in [6.45, 7) is 5.69. The lowest BCUT2D eigenvalue weighted by Crippen LogP contribution is -2.37. The van der Waals surface area contributed by atoms with Gasteiger partial charge in [0.25, 0.3) is 0 Å². The molecule has 9 heteroatoms. The second kappa shape index (κ2) is 9.49. The molecule has 0 atom stereocenters. The highest BCUT2D eigenvalue weighted by Gasteiger charge is 2.27. The van der Waals surface area contributed by atoms with Crippen LogP contribution in [-0.2, 0) is 23.1 Å². The van der Waals surface area contributed by atoms with Gasteiger partial charge in [-0.05, 0) is 49.7 Å². The normalized spacial score (nSPS) is 17.3. The number of rotatable bonds is 7. The van der Waals surface area contributed by atoms with E-state index in [0.717, 1.165) is 46.4 Å². The fourth-order valence-electron chi connectivity index (χ4n) is 5.02. The Labute approximate surface area is 203 Å².